The Hall–Kier alpha value is -1.00. The molecule has 15 heavy (non-hydrogen) atoms. The summed E-state index contributed by atoms with van der Waals surface area (Å²) in [5, 5.41) is 11.4. The van der Waals surface area contributed by atoms with Gasteiger partial charge in [0.15, 0.2) is 0 Å². The normalized spacial score (nSPS) is 10.0. The second-order valence-corrected chi connectivity index (χ2v) is 4.24. The highest BCUT2D eigenvalue weighted by molar-refractivity contribution is 7.99. The van der Waals surface area contributed by atoms with Gasteiger partial charge in [0, 0.05) is 24.1 Å². The number of rotatable bonds is 5. The highest BCUT2D eigenvalue weighted by Crippen LogP contribution is 2.19. The van der Waals surface area contributed by atoms with Crippen molar-refractivity contribution < 1.29 is 9.90 Å². The van der Waals surface area contributed by atoms with E-state index in [9.17, 15) is 4.79 Å². The number of aliphatic hydroxyl groups is 1. The number of hydrogen-bond donors (Lipinski definition) is 2. The van der Waals surface area contributed by atoms with Crippen molar-refractivity contribution in [2.45, 2.75) is 17.9 Å². The van der Waals surface area contributed by atoms with Gasteiger partial charge in [-0.2, -0.15) is 0 Å². The molecule has 0 atom stereocenters. The van der Waals surface area contributed by atoms with E-state index in [1.807, 2.05) is 24.3 Å². The molecule has 0 heterocycles. The Morgan fingerprint density at radius 3 is 2.60 bits per heavy atom. The van der Waals surface area contributed by atoms with Crippen molar-refractivity contribution in [3.05, 3.63) is 29.8 Å². The maximum absolute atomic E-state index is 10.9. The van der Waals surface area contributed by atoms with Gasteiger partial charge in [-0.15, -0.1) is 11.8 Å². The van der Waals surface area contributed by atoms with Gasteiger partial charge in [-0.3, -0.25) is 4.79 Å². The second kappa shape index (κ2) is 6.48. The van der Waals surface area contributed by atoms with Gasteiger partial charge < -0.3 is 10.4 Å². The first-order valence-electron chi connectivity index (χ1n) is 4.79. The van der Waals surface area contributed by atoms with Gasteiger partial charge in [0.2, 0.25) is 5.91 Å². The third-order valence-electron chi connectivity index (χ3n) is 1.98. The van der Waals surface area contributed by atoms with Crippen LogP contribution in [-0.2, 0) is 11.4 Å². The summed E-state index contributed by atoms with van der Waals surface area (Å²) in [4.78, 5) is 12.1. The van der Waals surface area contributed by atoms with E-state index in [1.54, 1.807) is 18.8 Å². The van der Waals surface area contributed by atoms with E-state index in [4.69, 9.17) is 5.11 Å². The lowest BCUT2D eigenvalue weighted by molar-refractivity contribution is -0.120. The minimum absolute atomic E-state index is 0.0643. The Kier molecular flexibility index (Phi) is 5.21. The Morgan fingerprint density at radius 2 is 2.07 bits per heavy atom. The molecule has 0 spiro atoms. The van der Waals surface area contributed by atoms with Crippen molar-refractivity contribution in [3.63, 3.8) is 0 Å². The SMILES string of the molecule is CNC(=O)CCSc1ccc(CO)cc1. The van der Waals surface area contributed by atoms with Crippen molar-refractivity contribution in [2.75, 3.05) is 12.8 Å². The number of aliphatic hydroxyl groups excluding tert-OH is 1. The molecule has 0 radical (unpaired) electrons. The van der Waals surface area contributed by atoms with Crippen LogP contribution in [0.4, 0.5) is 0 Å². The fraction of sp³-hybridized carbons (Fsp3) is 0.364. The average molecular weight is 225 g/mol. The minimum Gasteiger partial charge on any atom is -0.392 e. The van der Waals surface area contributed by atoms with Gasteiger partial charge >= 0.3 is 0 Å². The van der Waals surface area contributed by atoms with Crippen LogP contribution >= 0.6 is 11.8 Å². The molecule has 0 aliphatic rings. The Labute approximate surface area is 93.9 Å². The molecule has 82 valence electrons. The van der Waals surface area contributed by atoms with E-state index in [-0.39, 0.29) is 12.5 Å². The van der Waals surface area contributed by atoms with Gasteiger partial charge in [-0.1, -0.05) is 12.1 Å². The highest BCUT2D eigenvalue weighted by Gasteiger charge is 1.99. The average Bonchev–Trinajstić information content (AvgIpc) is 2.29. The molecule has 1 aromatic rings. The monoisotopic (exact) mass is 225 g/mol. The van der Waals surface area contributed by atoms with Crippen LogP contribution in [0, 0.1) is 0 Å². The molecule has 1 amide bonds. The van der Waals surface area contributed by atoms with Crippen LogP contribution in [0.25, 0.3) is 0 Å². The molecule has 0 fully saturated rings. The van der Waals surface area contributed by atoms with Gasteiger partial charge in [-0.25, -0.2) is 0 Å². The van der Waals surface area contributed by atoms with E-state index in [0.717, 1.165) is 16.2 Å². The third kappa shape index (κ3) is 4.36. The molecular weight excluding hydrogens is 210 g/mol. The highest BCUT2D eigenvalue weighted by atomic mass is 32.2. The van der Waals surface area contributed by atoms with Crippen molar-refractivity contribution in [1.29, 1.82) is 0 Å². The van der Waals surface area contributed by atoms with Crippen LogP contribution in [0.2, 0.25) is 0 Å². The van der Waals surface area contributed by atoms with Gasteiger partial charge in [0.05, 0.1) is 6.61 Å². The van der Waals surface area contributed by atoms with Crippen LogP contribution in [0.5, 0.6) is 0 Å². The smallest absolute Gasteiger partial charge is 0.220 e. The van der Waals surface area contributed by atoms with E-state index >= 15 is 0 Å². The fourth-order valence-electron chi connectivity index (χ4n) is 1.08. The zero-order valence-electron chi connectivity index (χ0n) is 8.69. The number of hydrogen-bond acceptors (Lipinski definition) is 3. The number of carbonyl (C=O) groups is 1. The molecule has 0 saturated carbocycles. The van der Waals surface area contributed by atoms with Gasteiger partial charge in [0.25, 0.3) is 0 Å². The molecule has 0 aliphatic carbocycles. The number of amides is 1. The lowest BCUT2D eigenvalue weighted by Crippen LogP contribution is -2.17. The molecule has 0 unspecified atom stereocenters. The standard InChI is InChI=1S/C11H15NO2S/c1-12-11(14)6-7-15-10-4-2-9(8-13)3-5-10/h2-5,13H,6-8H2,1H3,(H,12,14). The van der Waals surface area contributed by atoms with Crippen LogP contribution in [0.3, 0.4) is 0 Å². The molecule has 1 rings (SSSR count). The summed E-state index contributed by atoms with van der Waals surface area (Å²) in [7, 11) is 1.64. The summed E-state index contributed by atoms with van der Waals surface area (Å²) in [5.74, 6) is 0.840. The molecule has 0 aliphatic heterocycles. The quantitative estimate of drug-likeness (QED) is 0.745. The van der Waals surface area contributed by atoms with Gasteiger partial charge in [-0.05, 0) is 17.7 Å². The predicted molar refractivity (Wildman–Crippen MR) is 61.8 cm³/mol. The lowest BCUT2D eigenvalue weighted by Gasteiger charge is -2.02. The summed E-state index contributed by atoms with van der Waals surface area (Å²) in [5.41, 5.74) is 0.908. The summed E-state index contributed by atoms with van der Waals surface area (Å²) in [6, 6.07) is 7.70. The summed E-state index contributed by atoms with van der Waals surface area (Å²) in [6.07, 6.45) is 0.531. The Bertz CT molecular complexity index is 311. The second-order valence-electron chi connectivity index (χ2n) is 3.07. The summed E-state index contributed by atoms with van der Waals surface area (Å²) < 4.78 is 0. The summed E-state index contributed by atoms with van der Waals surface area (Å²) >= 11 is 1.64. The van der Waals surface area contributed by atoms with Gasteiger partial charge in [0.1, 0.15) is 0 Å². The number of benzene rings is 1. The van der Waals surface area contributed by atoms with Crippen LogP contribution < -0.4 is 5.32 Å². The molecule has 2 N–H and O–H groups in total. The van der Waals surface area contributed by atoms with Crippen LogP contribution in [0.15, 0.2) is 29.2 Å². The van der Waals surface area contributed by atoms with Crippen LogP contribution in [-0.4, -0.2) is 23.8 Å². The molecule has 0 bridgehead atoms. The first kappa shape index (κ1) is 12.1. The molecule has 3 nitrogen and oxygen atoms in total. The zero-order valence-corrected chi connectivity index (χ0v) is 9.51. The Balaban J connectivity index is 2.34. The van der Waals surface area contributed by atoms with Crippen molar-refractivity contribution in [2.24, 2.45) is 0 Å². The third-order valence-corrected chi connectivity index (χ3v) is 3.00. The molecule has 1 aromatic carbocycles. The first-order chi connectivity index (χ1) is 7.26. The van der Waals surface area contributed by atoms with E-state index in [0.29, 0.717) is 6.42 Å². The van der Waals surface area contributed by atoms with E-state index < -0.39 is 0 Å². The number of nitrogens with one attached hydrogen (secondary N) is 1. The maximum Gasteiger partial charge on any atom is 0.220 e. The molecule has 4 heteroatoms. The van der Waals surface area contributed by atoms with Crippen molar-refractivity contribution in [1.82, 2.24) is 5.32 Å². The van der Waals surface area contributed by atoms with Crippen LogP contribution in [0.1, 0.15) is 12.0 Å². The molecule has 0 saturated heterocycles. The predicted octanol–water partition coefficient (Wildman–Crippen LogP) is 1.41. The lowest BCUT2D eigenvalue weighted by atomic mass is 10.2. The first-order valence-corrected chi connectivity index (χ1v) is 5.78. The topological polar surface area (TPSA) is 49.3 Å². The van der Waals surface area contributed by atoms with Crippen molar-refractivity contribution in [3.8, 4) is 0 Å². The maximum atomic E-state index is 10.9. The Morgan fingerprint density at radius 1 is 1.40 bits per heavy atom. The largest absolute Gasteiger partial charge is 0.392 e. The molecule has 0 aromatic heterocycles. The van der Waals surface area contributed by atoms with E-state index in [2.05, 4.69) is 5.32 Å². The summed E-state index contributed by atoms with van der Waals surface area (Å²) in [6.45, 7) is 0.0726. The fourth-order valence-corrected chi connectivity index (χ4v) is 1.93. The van der Waals surface area contributed by atoms with Crippen molar-refractivity contribution >= 4 is 17.7 Å². The molecular formula is C11H15NO2S. The number of carbonyl (C=O) groups excluding carboxylic acids is 1. The number of thioether (sulfide) groups is 1. The minimum atomic E-state index is 0.0643. The van der Waals surface area contributed by atoms with E-state index in [1.165, 1.54) is 0 Å². The zero-order chi connectivity index (χ0) is 11.1.